The number of carboxylic acid groups (broad SMARTS) is 2. The molecule has 6 nitrogen and oxygen atoms in total. The third-order valence-corrected chi connectivity index (χ3v) is 4.21. The number of hydrogen-bond acceptors (Lipinski definition) is 4. The summed E-state index contributed by atoms with van der Waals surface area (Å²) in [5, 5.41) is 18.0. The van der Waals surface area contributed by atoms with Gasteiger partial charge in [-0.1, -0.05) is 31.9 Å². The smallest absolute Gasteiger partial charge is 0.335 e. The van der Waals surface area contributed by atoms with E-state index in [0.29, 0.717) is 6.42 Å². The van der Waals surface area contributed by atoms with Crippen molar-refractivity contribution in [2.75, 3.05) is 25.5 Å². The van der Waals surface area contributed by atoms with Crippen LogP contribution in [0.15, 0.2) is 42.5 Å². The molecule has 0 aliphatic heterocycles. The Hall–Kier alpha value is -2.86. The average molecular weight is 386 g/mol. The number of unbranched alkanes of at least 4 members (excludes halogenated alkanes) is 2. The van der Waals surface area contributed by atoms with Gasteiger partial charge in [0.25, 0.3) is 0 Å². The van der Waals surface area contributed by atoms with Crippen molar-refractivity contribution in [3.8, 4) is 0 Å². The van der Waals surface area contributed by atoms with Crippen LogP contribution in [-0.4, -0.2) is 42.8 Å². The molecule has 0 aromatic heterocycles. The van der Waals surface area contributed by atoms with E-state index in [1.807, 2.05) is 19.0 Å². The van der Waals surface area contributed by atoms with Crippen LogP contribution in [0.1, 0.15) is 58.0 Å². The molecule has 152 valence electrons. The SMILES string of the molecule is CCCCCN.CN(C)c1ccc(C(=O)O)cc1Cc1ccc(C(=O)O)cc1. The van der Waals surface area contributed by atoms with E-state index in [1.165, 1.54) is 19.3 Å². The van der Waals surface area contributed by atoms with E-state index in [1.54, 1.807) is 42.5 Å². The molecule has 0 heterocycles. The molecule has 0 saturated carbocycles. The summed E-state index contributed by atoms with van der Waals surface area (Å²) in [4.78, 5) is 23.9. The van der Waals surface area contributed by atoms with Crippen molar-refractivity contribution in [3.05, 3.63) is 64.7 Å². The van der Waals surface area contributed by atoms with Gasteiger partial charge in [0.1, 0.15) is 0 Å². The molecule has 0 fully saturated rings. The van der Waals surface area contributed by atoms with Gasteiger partial charge in [0.05, 0.1) is 11.1 Å². The number of nitrogens with zero attached hydrogens (tertiary/aromatic N) is 1. The maximum atomic E-state index is 11.1. The standard InChI is InChI=1S/C17H17NO4.C5H13N/c1-18(2)15-8-7-13(17(21)22)10-14(15)9-11-3-5-12(6-4-11)16(19)20;1-2-3-4-5-6/h3-8,10H,9H2,1-2H3,(H,19,20)(H,21,22);2-6H2,1H3. The van der Waals surface area contributed by atoms with Crippen LogP contribution in [0.25, 0.3) is 0 Å². The number of benzene rings is 2. The summed E-state index contributed by atoms with van der Waals surface area (Å²) in [6, 6.07) is 11.6. The molecule has 0 bridgehead atoms. The summed E-state index contributed by atoms with van der Waals surface area (Å²) < 4.78 is 0. The van der Waals surface area contributed by atoms with Gasteiger partial charge in [0.15, 0.2) is 0 Å². The van der Waals surface area contributed by atoms with Gasteiger partial charge in [-0.25, -0.2) is 9.59 Å². The van der Waals surface area contributed by atoms with Crippen molar-refractivity contribution in [1.82, 2.24) is 0 Å². The molecule has 2 rings (SSSR count). The molecular formula is C22H30N2O4. The molecular weight excluding hydrogens is 356 g/mol. The second-order valence-electron chi connectivity index (χ2n) is 6.72. The zero-order valence-corrected chi connectivity index (χ0v) is 16.8. The summed E-state index contributed by atoms with van der Waals surface area (Å²) in [7, 11) is 3.79. The van der Waals surface area contributed by atoms with Crippen molar-refractivity contribution in [3.63, 3.8) is 0 Å². The summed E-state index contributed by atoms with van der Waals surface area (Å²) in [6.07, 6.45) is 4.29. The molecule has 28 heavy (non-hydrogen) atoms. The van der Waals surface area contributed by atoms with Crippen LogP contribution >= 0.6 is 0 Å². The Morgan fingerprint density at radius 3 is 1.93 bits per heavy atom. The number of hydrogen-bond donors (Lipinski definition) is 3. The highest BCUT2D eigenvalue weighted by molar-refractivity contribution is 5.89. The second kappa shape index (κ2) is 11.8. The Morgan fingerprint density at radius 2 is 1.50 bits per heavy atom. The molecule has 0 saturated heterocycles. The van der Waals surface area contributed by atoms with Crippen LogP contribution in [-0.2, 0) is 6.42 Å². The summed E-state index contributed by atoms with van der Waals surface area (Å²) >= 11 is 0. The molecule has 0 atom stereocenters. The molecule has 0 spiro atoms. The molecule has 0 radical (unpaired) electrons. The van der Waals surface area contributed by atoms with E-state index in [2.05, 4.69) is 6.92 Å². The van der Waals surface area contributed by atoms with Gasteiger partial charge in [-0.05, 0) is 60.8 Å². The van der Waals surface area contributed by atoms with E-state index in [9.17, 15) is 9.59 Å². The first-order valence-corrected chi connectivity index (χ1v) is 9.36. The molecule has 0 aliphatic rings. The molecule has 6 heteroatoms. The number of carboxylic acids is 2. The molecule has 2 aromatic rings. The number of anilines is 1. The molecule has 4 N–H and O–H groups in total. The van der Waals surface area contributed by atoms with E-state index in [0.717, 1.165) is 23.4 Å². The van der Waals surface area contributed by atoms with E-state index >= 15 is 0 Å². The number of rotatable bonds is 8. The topological polar surface area (TPSA) is 104 Å². The van der Waals surface area contributed by atoms with Gasteiger partial charge in [-0.15, -0.1) is 0 Å². The lowest BCUT2D eigenvalue weighted by molar-refractivity contribution is 0.0686. The Morgan fingerprint density at radius 1 is 0.929 bits per heavy atom. The van der Waals surface area contributed by atoms with Crippen molar-refractivity contribution in [2.45, 2.75) is 32.6 Å². The van der Waals surface area contributed by atoms with Crippen LogP contribution in [0, 0.1) is 0 Å². The highest BCUT2D eigenvalue weighted by Gasteiger charge is 2.11. The van der Waals surface area contributed by atoms with Crippen LogP contribution in [0.2, 0.25) is 0 Å². The van der Waals surface area contributed by atoms with Gasteiger partial charge in [0.2, 0.25) is 0 Å². The zero-order valence-electron chi connectivity index (χ0n) is 16.8. The Bertz CT molecular complexity index is 767. The predicted molar refractivity (Wildman–Crippen MR) is 113 cm³/mol. The van der Waals surface area contributed by atoms with E-state index in [-0.39, 0.29) is 11.1 Å². The van der Waals surface area contributed by atoms with Crippen molar-refractivity contribution < 1.29 is 19.8 Å². The summed E-state index contributed by atoms with van der Waals surface area (Å²) in [5.74, 6) is -1.93. The lowest BCUT2D eigenvalue weighted by atomic mass is 9.99. The Kier molecular flexibility index (Phi) is 9.74. The third kappa shape index (κ3) is 7.40. The Labute approximate surface area is 166 Å². The van der Waals surface area contributed by atoms with Crippen LogP contribution in [0.3, 0.4) is 0 Å². The van der Waals surface area contributed by atoms with Crippen molar-refractivity contribution in [2.24, 2.45) is 5.73 Å². The largest absolute Gasteiger partial charge is 0.478 e. The number of nitrogens with two attached hydrogens (primary N) is 1. The van der Waals surface area contributed by atoms with Gasteiger partial charge >= 0.3 is 11.9 Å². The fourth-order valence-corrected chi connectivity index (χ4v) is 2.68. The van der Waals surface area contributed by atoms with Gasteiger partial charge < -0.3 is 20.8 Å². The second-order valence-corrected chi connectivity index (χ2v) is 6.72. The van der Waals surface area contributed by atoms with Crippen LogP contribution < -0.4 is 10.6 Å². The van der Waals surface area contributed by atoms with Crippen molar-refractivity contribution in [1.29, 1.82) is 0 Å². The van der Waals surface area contributed by atoms with E-state index < -0.39 is 11.9 Å². The van der Waals surface area contributed by atoms with Gasteiger partial charge in [0, 0.05) is 19.8 Å². The summed E-state index contributed by atoms with van der Waals surface area (Å²) in [6.45, 7) is 3.03. The van der Waals surface area contributed by atoms with Crippen LogP contribution in [0.4, 0.5) is 5.69 Å². The highest BCUT2D eigenvalue weighted by atomic mass is 16.4. The molecule has 0 unspecified atom stereocenters. The Balaban J connectivity index is 0.000000568. The minimum atomic E-state index is -0.965. The lowest BCUT2D eigenvalue weighted by Gasteiger charge is -2.18. The molecule has 0 amide bonds. The number of aromatic carboxylic acids is 2. The van der Waals surface area contributed by atoms with Crippen molar-refractivity contribution >= 4 is 17.6 Å². The first-order chi connectivity index (χ1) is 13.3. The third-order valence-electron chi connectivity index (χ3n) is 4.21. The minimum Gasteiger partial charge on any atom is -0.478 e. The monoisotopic (exact) mass is 386 g/mol. The quantitative estimate of drug-likeness (QED) is 0.595. The average Bonchev–Trinajstić information content (AvgIpc) is 2.67. The fourth-order valence-electron chi connectivity index (χ4n) is 2.68. The maximum absolute atomic E-state index is 11.1. The maximum Gasteiger partial charge on any atom is 0.335 e. The van der Waals surface area contributed by atoms with E-state index in [4.69, 9.17) is 15.9 Å². The summed E-state index contributed by atoms with van der Waals surface area (Å²) in [5.41, 5.74) is 8.43. The minimum absolute atomic E-state index is 0.232. The first-order valence-electron chi connectivity index (χ1n) is 9.36. The molecule has 2 aromatic carbocycles. The normalized spacial score (nSPS) is 10.0. The fraction of sp³-hybridized carbons (Fsp3) is 0.364. The first kappa shape index (κ1) is 23.2. The predicted octanol–water partition coefficient (Wildman–Crippen LogP) is 3.88. The highest BCUT2D eigenvalue weighted by Crippen LogP contribution is 2.23. The molecule has 0 aliphatic carbocycles. The lowest BCUT2D eigenvalue weighted by Crippen LogP contribution is -2.12. The van der Waals surface area contributed by atoms with Gasteiger partial charge in [-0.3, -0.25) is 0 Å². The van der Waals surface area contributed by atoms with Gasteiger partial charge in [-0.2, -0.15) is 0 Å². The van der Waals surface area contributed by atoms with Crippen LogP contribution in [0.5, 0.6) is 0 Å². The zero-order chi connectivity index (χ0) is 21.1. The number of carbonyl (C=O) groups is 2.